The summed E-state index contributed by atoms with van der Waals surface area (Å²) in [5.41, 5.74) is 1.31. The second-order valence-corrected chi connectivity index (χ2v) is 6.10. The Morgan fingerprint density at radius 3 is 2.45 bits per heavy atom. The monoisotopic (exact) mass is 269 g/mol. The topological polar surface area (TPSA) is 70.9 Å². The third kappa shape index (κ3) is 1.82. The van der Waals surface area contributed by atoms with Gasteiger partial charge in [-0.2, -0.15) is 10.4 Å². The molecule has 0 aliphatic carbocycles. The third-order valence-electron chi connectivity index (χ3n) is 4.24. The zero-order valence-corrected chi connectivity index (χ0v) is 12.0. The fourth-order valence-electron chi connectivity index (χ4n) is 2.27. The molecule has 6 heteroatoms. The van der Waals surface area contributed by atoms with Gasteiger partial charge in [0, 0.05) is 10.8 Å². The molecule has 2 aromatic rings. The quantitative estimate of drug-likeness (QED) is 0.800. The van der Waals surface area contributed by atoms with E-state index in [1.54, 1.807) is 12.3 Å². The van der Waals surface area contributed by atoms with Crippen LogP contribution in [-0.2, 0) is 9.31 Å². The number of benzene rings is 1. The van der Waals surface area contributed by atoms with Crippen LogP contribution in [0.15, 0.2) is 18.3 Å². The molecule has 5 nitrogen and oxygen atoms in total. The van der Waals surface area contributed by atoms with Crippen LogP contribution in [0.5, 0.6) is 0 Å². The average molecular weight is 269 g/mol. The molecule has 0 radical (unpaired) electrons. The molecule has 1 aromatic heterocycles. The Morgan fingerprint density at radius 1 is 1.20 bits per heavy atom. The molecule has 20 heavy (non-hydrogen) atoms. The highest BCUT2D eigenvalue weighted by Gasteiger charge is 2.52. The fraction of sp³-hybridized carbons (Fsp3) is 0.429. The van der Waals surface area contributed by atoms with Crippen molar-refractivity contribution in [3.63, 3.8) is 0 Å². The van der Waals surface area contributed by atoms with Gasteiger partial charge in [-0.1, -0.05) is 0 Å². The first-order valence-electron chi connectivity index (χ1n) is 6.57. The summed E-state index contributed by atoms with van der Waals surface area (Å²) in [6.45, 7) is 7.98. The summed E-state index contributed by atoms with van der Waals surface area (Å²) < 4.78 is 12.0. The Balaban J connectivity index is 2.09. The van der Waals surface area contributed by atoms with Gasteiger partial charge < -0.3 is 9.31 Å². The predicted molar refractivity (Wildman–Crippen MR) is 76.5 cm³/mol. The molecule has 102 valence electrons. The van der Waals surface area contributed by atoms with Crippen LogP contribution in [-0.4, -0.2) is 28.5 Å². The largest absolute Gasteiger partial charge is 0.496 e. The second kappa shape index (κ2) is 4.08. The molecule has 1 saturated heterocycles. The molecule has 1 fully saturated rings. The zero-order valence-electron chi connectivity index (χ0n) is 12.0. The Kier molecular flexibility index (Phi) is 2.68. The van der Waals surface area contributed by atoms with E-state index in [-0.39, 0.29) is 0 Å². The van der Waals surface area contributed by atoms with Crippen molar-refractivity contribution in [2.45, 2.75) is 38.9 Å². The standard InChI is InChI=1S/C14H16BN3O2/c1-13(2)14(3,4)20-15(19-13)11-6-12-10(8-17-18-12)5-9(11)7-16/h5-6,8H,1-4H3,(H,17,18). The minimum Gasteiger partial charge on any atom is -0.399 e. The highest BCUT2D eigenvalue weighted by atomic mass is 16.7. The van der Waals surface area contributed by atoms with E-state index in [1.165, 1.54) is 0 Å². The highest BCUT2D eigenvalue weighted by Crippen LogP contribution is 2.36. The minimum absolute atomic E-state index is 0.423. The van der Waals surface area contributed by atoms with E-state index in [9.17, 15) is 5.26 Å². The first-order valence-corrected chi connectivity index (χ1v) is 6.57. The molecular weight excluding hydrogens is 253 g/mol. The lowest BCUT2D eigenvalue weighted by Gasteiger charge is -2.32. The molecule has 0 atom stereocenters. The number of rotatable bonds is 1. The molecular formula is C14H16BN3O2. The zero-order chi connectivity index (χ0) is 14.5. The van der Waals surface area contributed by atoms with Crippen molar-refractivity contribution in [3.8, 4) is 6.07 Å². The third-order valence-corrected chi connectivity index (χ3v) is 4.24. The van der Waals surface area contributed by atoms with Gasteiger partial charge in [0.2, 0.25) is 0 Å². The van der Waals surface area contributed by atoms with E-state index in [2.05, 4.69) is 16.3 Å². The van der Waals surface area contributed by atoms with Crippen LogP contribution in [0.25, 0.3) is 10.9 Å². The van der Waals surface area contributed by atoms with E-state index in [1.807, 2.05) is 33.8 Å². The molecule has 2 heterocycles. The molecule has 1 aliphatic heterocycles. The lowest BCUT2D eigenvalue weighted by atomic mass is 9.75. The average Bonchev–Trinajstić information content (AvgIpc) is 2.89. The predicted octanol–water partition coefficient (Wildman–Crippen LogP) is 1.73. The van der Waals surface area contributed by atoms with Crippen molar-refractivity contribution in [1.29, 1.82) is 5.26 Å². The molecule has 0 unspecified atom stereocenters. The summed E-state index contributed by atoms with van der Waals surface area (Å²) >= 11 is 0. The smallest absolute Gasteiger partial charge is 0.399 e. The van der Waals surface area contributed by atoms with Gasteiger partial charge in [0.25, 0.3) is 0 Å². The molecule has 3 rings (SSSR count). The number of hydrogen-bond acceptors (Lipinski definition) is 4. The van der Waals surface area contributed by atoms with Gasteiger partial charge >= 0.3 is 7.12 Å². The van der Waals surface area contributed by atoms with Crippen molar-refractivity contribution < 1.29 is 9.31 Å². The number of H-pyrrole nitrogens is 1. The number of aromatic nitrogens is 2. The second-order valence-electron chi connectivity index (χ2n) is 6.10. The van der Waals surface area contributed by atoms with Gasteiger partial charge in [-0.25, -0.2) is 0 Å². The van der Waals surface area contributed by atoms with Crippen LogP contribution >= 0.6 is 0 Å². The first kappa shape index (κ1) is 13.2. The van der Waals surface area contributed by atoms with E-state index in [4.69, 9.17) is 9.31 Å². The maximum atomic E-state index is 9.34. The molecule has 1 N–H and O–H groups in total. The number of hydrogen-bond donors (Lipinski definition) is 1. The van der Waals surface area contributed by atoms with Gasteiger partial charge in [-0.15, -0.1) is 0 Å². The molecule has 0 bridgehead atoms. The summed E-state index contributed by atoms with van der Waals surface area (Å²) in [4.78, 5) is 0. The summed E-state index contributed by atoms with van der Waals surface area (Å²) in [7, 11) is -0.539. The van der Waals surface area contributed by atoms with Gasteiger partial charge in [0.1, 0.15) is 0 Å². The lowest BCUT2D eigenvalue weighted by molar-refractivity contribution is 0.00578. The highest BCUT2D eigenvalue weighted by molar-refractivity contribution is 6.63. The van der Waals surface area contributed by atoms with Gasteiger partial charge in [0.15, 0.2) is 0 Å². The summed E-state index contributed by atoms with van der Waals surface area (Å²) in [5, 5.41) is 17.1. The maximum absolute atomic E-state index is 9.34. The van der Waals surface area contributed by atoms with Crippen LogP contribution in [0.1, 0.15) is 33.3 Å². The number of fused-ring (bicyclic) bond motifs is 1. The minimum atomic E-state index is -0.539. The number of aromatic amines is 1. The van der Waals surface area contributed by atoms with Gasteiger partial charge in [-0.05, 0) is 39.8 Å². The van der Waals surface area contributed by atoms with Crippen molar-refractivity contribution in [2.24, 2.45) is 0 Å². The molecule has 1 aromatic carbocycles. The first-order chi connectivity index (χ1) is 9.34. The number of nitrogens with zero attached hydrogens (tertiary/aromatic N) is 2. The van der Waals surface area contributed by atoms with Crippen molar-refractivity contribution in [3.05, 3.63) is 23.9 Å². The SMILES string of the molecule is CC1(C)OB(c2cc3[nH]ncc3cc2C#N)OC1(C)C. The Hall–Kier alpha value is -1.84. The molecule has 0 amide bonds. The van der Waals surface area contributed by atoms with Gasteiger partial charge in [0.05, 0.1) is 34.5 Å². The molecule has 1 aliphatic rings. The molecule has 0 spiro atoms. The number of nitriles is 1. The lowest BCUT2D eigenvalue weighted by Crippen LogP contribution is -2.41. The Labute approximate surface area is 118 Å². The fourth-order valence-corrected chi connectivity index (χ4v) is 2.27. The van der Waals surface area contributed by atoms with Crippen LogP contribution in [0.3, 0.4) is 0 Å². The van der Waals surface area contributed by atoms with Crippen molar-refractivity contribution in [2.75, 3.05) is 0 Å². The Morgan fingerprint density at radius 2 is 1.85 bits per heavy atom. The van der Waals surface area contributed by atoms with E-state index < -0.39 is 18.3 Å². The van der Waals surface area contributed by atoms with Crippen molar-refractivity contribution in [1.82, 2.24) is 10.2 Å². The normalized spacial score (nSPS) is 20.2. The molecule has 0 saturated carbocycles. The van der Waals surface area contributed by atoms with E-state index >= 15 is 0 Å². The van der Waals surface area contributed by atoms with Crippen LogP contribution < -0.4 is 5.46 Å². The van der Waals surface area contributed by atoms with Crippen molar-refractivity contribution >= 4 is 23.5 Å². The summed E-state index contributed by atoms with van der Waals surface area (Å²) in [6.07, 6.45) is 1.70. The van der Waals surface area contributed by atoms with Crippen LogP contribution in [0.4, 0.5) is 0 Å². The van der Waals surface area contributed by atoms with E-state index in [0.717, 1.165) is 16.4 Å². The summed E-state index contributed by atoms with van der Waals surface area (Å²) in [6, 6.07) is 5.89. The van der Waals surface area contributed by atoms with Crippen LogP contribution in [0, 0.1) is 11.3 Å². The van der Waals surface area contributed by atoms with E-state index in [0.29, 0.717) is 5.56 Å². The maximum Gasteiger partial charge on any atom is 0.496 e. The van der Waals surface area contributed by atoms with Crippen LogP contribution in [0.2, 0.25) is 0 Å². The summed E-state index contributed by atoms with van der Waals surface area (Å²) in [5.74, 6) is 0. The Bertz CT molecular complexity index is 699. The van der Waals surface area contributed by atoms with Gasteiger partial charge in [-0.3, -0.25) is 5.10 Å². The number of nitrogens with one attached hydrogen (secondary N) is 1.